The van der Waals surface area contributed by atoms with E-state index in [1.54, 1.807) is 10.4 Å². The molecule has 1 atom stereocenters. The van der Waals surface area contributed by atoms with Crippen LogP contribution >= 0.6 is 23.1 Å². The first-order valence-corrected chi connectivity index (χ1v) is 9.61. The van der Waals surface area contributed by atoms with Crippen LogP contribution in [0.4, 0.5) is 0 Å². The molecule has 0 saturated carbocycles. The van der Waals surface area contributed by atoms with Gasteiger partial charge in [0.05, 0.1) is 12.6 Å². The van der Waals surface area contributed by atoms with Crippen LogP contribution < -0.4 is 5.32 Å². The fourth-order valence-corrected chi connectivity index (χ4v) is 5.18. The molecule has 110 valence electrons. The Kier molecular flexibility index (Phi) is 5.08. The smallest absolute Gasteiger partial charge is 0.114 e. The van der Waals surface area contributed by atoms with Gasteiger partial charge in [-0.15, -0.1) is 11.3 Å². The molecular formula is C16H23NOS2. The quantitative estimate of drug-likeness (QED) is 0.877. The predicted octanol–water partition coefficient (Wildman–Crippen LogP) is 4.27. The number of nitrogens with one attached hydrogen (secondary N) is 1. The Labute approximate surface area is 130 Å². The van der Waals surface area contributed by atoms with Crippen LogP contribution in [0.1, 0.15) is 47.5 Å². The molecule has 2 aliphatic rings. The number of thioether (sulfide) groups is 1. The molecule has 2 aliphatic heterocycles. The van der Waals surface area contributed by atoms with E-state index in [0.717, 1.165) is 38.2 Å². The average molecular weight is 310 g/mol. The molecule has 0 aromatic carbocycles. The number of allylic oxidation sites excluding steroid dienone is 1. The summed E-state index contributed by atoms with van der Waals surface area (Å²) in [4.78, 5) is 3.04. The Morgan fingerprint density at radius 1 is 1.45 bits per heavy atom. The highest BCUT2D eigenvalue weighted by Crippen LogP contribution is 2.37. The van der Waals surface area contributed by atoms with E-state index in [1.165, 1.54) is 22.8 Å². The summed E-state index contributed by atoms with van der Waals surface area (Å²) in [6.45, 7) is 4.13. The normalized spacial score (nSPS) is 19.9. The Balaban J connectivity index is 1.83. The molecule has 20 heavy (non-hydrogen) atoms. The van der Waals surface area contributed by atoms with Crippen molar-refractivity contribution in [2.75, 3.05) is 18.9 Å². The lowest BCUT2D eigenvalue weighted by atomic mass is 10.1. The molecule has 4 heteroatoms. The van der Waals surface area contributed by atoms with Crippen molar-refractivity contribution < 1.29 is 4.74 Å². The van der Waals surface area contributed by atoms with Gasteiger partial charge in [-0.05, 0) is 55.7 Å². The van der Waals surface area contributed by atoms with Crippen molar-refractivity contribution in [3.8, 4) is 0 Å². The fourth-order valence-electron chi connectivity index (χ4n) is 2.72. The first kappa shape index (κ1) is 14.5. The molecule has 3 heterocycles. The van der Waals surface area contributed by atoms with Crippen molar-refractivity contribution >= 4 is 23.1 Å². The highest BCUT2D eigenvalue weighted by molar-refractivity contribution is 7.98. The lowest BCUT2D eigenvalue weighted by Gasteiger charge is -2.24. The molecular weight excluding hydrogens is 286 g/mol. The Bertz CT molecular complexity index is 457. The number of aryl methyl sites for hydroxylation is 1. The van der Waals surface area contributed by atoms with Crippen molar-refractivity contribution in [2.45, 2.75) is 44.4 Å². The molecule has 0 bridgehead atoms. The Morgan fingerprint density at radius 3 is 3.15 bits per heavy atom. The van der Waals surface area contributed by atoms with Gasteiger partial charge in [0.2, 0.25) is 0 Å². The average Bonchev–Trinajstić information content (AvgIpc) is 2.92. The van der Waals surface area contributed by atoms with Gasteiger partial charge in [-0.25, -0.2) is 0 Å². The van der Waals surface area contributed by atoms with Gasteiger partial charge in [0, 0.05) is 15.5 Å². The molecule has 1 aromatic rings. The minimum atomic E-state index is 0.274. The standard InChI is InChI=1S/C16H23NOS2/c1-2-7-17-16(13-5-3-4-8-18-13)15-10-12-11-19-9-6-14(12)20-15/h5,10,16-17H,2-4,6-9,11H2,1H3. The summed E-state index contributed by atoms with van der Waals surface area (Å²) < 4.78 is 5.92. The van der Waals surface area contributed by atoms with Crippen molar-refractivity contribution in [3.63, 3.8) is 0 Å². The van der Waals surface area contributed by atoms with Gasteiger partial charge in [-0.1, -0.05) is 6.92 Å². The second-order valence-corrected chi connectivity index (χ2v) is 7.66. The molecule has 1 aromatic heterocycles. The van der Waals surface area contributed by atoms with Crippen LogP contribution in [0.3, 0.4) is 0 Å². The zero-order valence-electron chi connectivity index (χ0n) is 12.1. The van der Waals surface area contributed by atoms with E-state index in [-0.39, 0.29) is 6.04 Å². The van der Waals surface area contributed by atoms with E-state index in [0.29, 0.717) is 0 Å². The number of fused-ring (bicyclic) bond motifs is 1. The molecule has 0 radical (unpaired) electrons. The number of hydrogen-bond donors (Lipinski definition) is 1. The molecule has 0 spiro atoms. The van der Waals surface area contributed by atoms with E-state index in [4.69, 9.17) is 4.74 Å². The fraction of sp³-hybridized carbons (Fsp3) is 0.625. The van der Waals surface area contributed by atoms with Gasteiger partial charge in [0.1, 0.15) is 5.76 Å². The minimum Gasteiger partial charge on any atom is -0.496 e. The van der Waals surface area contributed by atoms with Crippen molar-refractivity contribution in [2.24, 2.45) is 0 Å². The second-order valence-electron chi connectivity index (χ2n) is 5.38. The van der Waals surface area contributed by atoms with Crippen LogP contribution in [0, 0.1) is 0 Å². The summed E-state index contributed by atoms with van der Waals surface area (Å²) in [5.41, 5.74) is 1.56. The van der Waals surface area contributed by atoms with Gasteiger partial charge < -0.3 is 10.1 Å². The third kappa shape index (κ3) is 3.23. The maximum atomic E-state index is 5.92. The summed E-state index contributed by atoms with van der Waals surface area (Å²) in [6.07, 6.45) is 6.99. The largest absolute Gasteiger partial charge is 0.496 e. The third-order valence-corrected chi connectivity index (χ3v) is 6.09. The van der Waals surface area contributed by atoms with E-state index < -0.39 is 0 Å². The topological polar surface area (TPSA) is 21.3 Å². The SMILES string of the molecule is CCCNC(C1=CCCCO1)c1cc2c(s1)CCSC2. The molecule has 1 unspecified atom stereocenters. The van der Waals surface area contributed by atoms with E-state index in [2.05, 4.69) is 36.1 Å². The zero-order valence-corrected chi connectivity index (χ0v) is 13.7. The predicted molar refractivity (Wildman–Crippen MR) is 88.5 cm³/mol. The van der Waals surface area contributed by atoms with Gasteiger partial charge in [-0.3, -0.25) is 0 Å². The minimum absolute atomic E-state index is 0.274. The maximum absolute atomic E-state index is 5.92. The molecule has 1 N–H and O–H groups in total. The lowest BCUT2D eigenvalue weighted by molar-refractivity contribution is 0.168. The van der Waals surface area contributed by atoms with Crippen LogP contribution in [0.5, 0.6) is 0 Å². The highest BCUT2D eigenvalue weighted by atomic mass is 32.2. The van der Waals surface area contributed by atoms with Crippen LogP contribution in [-0.4, -0.2) is 18.9 Å². The lowest BCUT2D eigenvalue weighted by Crippen LogP contribution is -2.25. The Morgan fingerprint density at radius 2 is 2.40 bits per heavy atom. The van der Waals surface area contributed by atoms with Crippen LogP contribution in [0.25, 0.3) is 0 Å². The van der Waals surface area contributed by atoms with E-state index >= 15 is 0 Å². The van der Waals surface area contributed by atoms with Crippen LogP contribution in [-0.2, 0) is 16.9 Å². The molecule has 3 rings (SSSR count). The first-order valence-electron chi connectivity index (χ1n) is 7.64. The van der Waals surface area contributed by atoms with Gasteiger partial charge in [0.15, 0.2) is 0 Å². The van der Waals surface area contributed by atoms with Crippen molar-refractivity contribution in [1.82, 2.24) is 5.32 Å². The van der Waals surface area contributed by atoms with Gasteiger partial charge in [-0.2, -0.15) is 11.8 Å². The molecule has 2 nitrogen and oxygen atoms in total. The summed E-state index contributed by atoms with van der Waals surface area (Å²) >= 11 is 4.05. The van der Waals surface area contributed by atoms with E-state index in [9.17, 15) is 0 Å². The monoisotopic (exact) mass is 309 g/mol. The molecule has 0 aliphatic carbocycles. The van der Waals surface area contributed by atoms with Crippen LogP contribution in [0.2, 0.25) is 0 Å². The van der Waals surface area contributed by atoms with Gasteiger partial charge >= 0.3 is 0 Å². The second kappa shape index (κ2) is 7.01. The third-order valence-electron chi connectivity index (χ3n) is 3.78. The maximum Gasteiger partial charge on any atom is 0.114 e. The van der Waals surface area contributed by atoms with Gasteiger partial charge in [0.25, 0.3) is 0 Å². The molecule has 0 amide bonds. The van der Waals surface area contributed by atoms with E-state index in [1.807, 2.05) is 11.3 Å². The molecule has 0 saturated heterocycles. The number of thiophene rings is 1. The summed E-state index contributed by atoms with van der Waals surface area (Å²) in [7, 11) is 0. The summed E-state index contributed by atoms with van der Waals surface area (Å²) in [5, 5.41) is 3.67. The first-order chi connectivity index (χ1) is 9.88. The highest BCUT2D eigenvalue weighted by Gasteiger charge is 2.23. The summed E-state index contributed by atoms with van der Waals surface area (Å²) in [6, 6.07) is 2.69. The molecule has 0 fully saturated rings. The number of hydrogen-bond acceptors (Lipinski definition) is 4. The Hall–Kier alpha value is -0.450. The number of ether oxygens (including phenoxy) is 1. The van der Waals surface area contributed by atoms with Crippen LogP contribution in [0.15, 0.2) is 17.9 Å². The van der Waals surface area contributed by atoms with Crippen molar-refractivity contribution in [1.29, 1.82) is 0 Å². The number of rotatable bonds is 5. The van der Waals surface area contributed by atoms with Crippen molar-refractivity contribution in [3.05, 3.63) is 33.2 Å². The zero-order chi connectivity index (χ0) is 13.8. The summed E-state index contributed by atoms with van der Waals surface area (Å²) in [5.74, 6) is 3.61.